The monoisotopic (exact) mass is 268 g/mol. The fourth-order valence-corrected chi connectivity index (χ4v) is 3.23. The summed E-state index contributed by atoms with van der Waals surface area (Å²) >= 11 is 0. The first-order valence-electron chi connectivity index (χ1n) is 7.20. The van der Waals surface area contributed by atoms with Gasteiger partial charge in [0.1, 0.15) is 0 Å². The number of nitrogens with two attached hydrogens (primary N) is 1. The molecule has 1 saturated heterocycles. The van der Waals surface area contributed by atoms with Gasteiger partial charge < -0.3 is 15.7 Å². The van der Waals surface area contributed by atoms with Crippen molar-refractivity contribution in [2.45, 2.75) is 51.5 Å². The van der Waals surface area contributed by atoms with Crippen LogP contribution in [0.3, 0.4) is 0 Å². The second-order valence-corrected chi connectivity index (χ2v) is 6.34. The van der Waals surface area contributed by atoms with E-state index in [0.717, 1.165) is 32.1 Å². The maximum atomic E-state index is 12.5. The zero-order chi connectivity index (χ0) is 14.0. The number of nitrogens with zero attached hydrogens (tertiary/aromatic N) is 1. The van der Waals surface area contributed by atoms with Gasteiger partial charge in [-0.05, 0) is 45.4 Å². The number of carbonyl (C=O) groups is 2. The Labute approximate surface area is 114 Å². The number of amides is 1. The molecule has 3 N–H and O–H groups in total. The van der Waals surface area contributed by atoms with E-state index in [0.29, 0.717) is 19.5 Å². The molecule has 2 aliphatic rings. The number of aliphatic carboxylic acids is 1. The molecule has 5 heteroatoms. The molecular weight excluding hydrogens is 244 g/mol. The highest BCUT2D eigenvalue weighted by atomic mass is 16.4. The van der Waals surface area contributed by atoms with E-state index >= 15 is 0 Å². The van der Waals surface area contributed by atoms with E-state index in [9.17, 15) is 14.7 Å². The predicted octanol–water partition coefficient (Wildman–Crippen LogP) is 1.22. The number of piperidine rings is 1. The smallest absolute Gasteiger partial charge is 0.311 e. The van der Waals surface area contributed by atoms with E-state index in [1.165, 1.54) is 0 Å². The number of hydrogen-bond donors (Lipinski definition) is 2. The third-order valence-corrected chi connectivity index (χ3v) is 4.65. The van der Waals surface area contributed by atoms with Crippen molar-refractivity contribution in [3.05, 3.63) is 0 Å². The summed E-state index contributed by atoms with van der Waals surface area (Å²) in [7, 11) is 0. The second kappa shape index (κ2) is 5.49. The van der Waals surface area contributed by atoms with Crippen molar-refractivity contribution in [3.8, 4) is 0 Å². The molecule has 1 saturated carbocycles. The Bertz CT molecular complexity index is 364. The molecule has 1 aliphatic carbocycles. The fraction of sp³-hybridized carbons (Fsp3) is 0.857. The van der Waals surface area contributed by atoms with E-state index in [4.69, 9.17) is 5.73 Å². The molecule has 1 heterocycles. The molecule has 0 spiro atoms. The van der Waals surface area contributed by atoms with Crippen LogP contribution in [0.2, 0.25) is 0 Å². The van der Waals surface area contributed by atoms with Crippen LogP contribution in [0, 0.1) is 11.3 Å². The summed E-state index contributed by atoms with van der Waals surface area (Å²) in [6, 6.07) is 0.231. The van der Waals surface area contributed by atoms with Crippen LogP contribution in [-0.4, -0.2) is 41.0 Å². The van der Waals surface area contributed by atoms with Crippen molar-refractivity contribution in [3.63, 3.8) is 0 Å². The van der Waals surface area contributed by atoms with Gasteiger partial charge in [-0.2, -0.15) is 0 Å². The number of likely N-dealkylation sites (tertiary alicyclic amines) is 1. The van der Waals surface area contributed by atoms with Gasteiger partial charge in [-0.1, -0.05) is 0 Å². The molecular formula is C14H24N2O3. The molecule has 5 nitrogen and oxygen atoms in total. The molecule has 1 amide bonds. The summed E-state index contributed by atoms with van der Waals surface area (Å²) in [5, 5.41) is 9.29. The average Bonchev–Trinajstić information content (AvgIpc) is 2.39. The predicted molar refractivity (Wildman–Crippen MR) is 71.5 cm³/mol. The Morgan fingerprint density at radius 1 is 1.26 bits per heavy atom. The summed E-state index contributed by atoms with van der Waals surface area (Å²) in [6.07, 6.45) is 4.93. The van der Waals surface area contributed by atoms with E-state index in [1.54, 1.807) is 11.8 Å². The quantitative estimate of drug-likeness (QED) is 0.788. The highest BCUT2D eigenvalue weighted by molar-refractivity contribution is 5.81. The maximum absolute atomic E-state index is 12.5. The summed E-state index contributed by atoms with van der Waals surface area (Å²) in [5.74, 6) is -0.606. The number of rotatable bonds is 2. The van der Waals surface area contributed by atoms with Crippen LogP contribution in [0.15, 0.2) is 0 Å². The summed E-state index contributed by atoms with van der Waals surface area (Å²) in [6.45, 7) is 2.79. The van der Waals surface area contributed by atoms with Crippen molar-refractivity contribution in [1.82, 2.24) is 4.90 Å². The van der Waals surface area contributed by atoms with Gasteiger partial charge in [-0.15, -0.1) is 0 Å². The van der Waals surface area contributed by atoms with Crippen LogP contribution >= 0.6 is 0 Å². The molecule has 2 rings (SSSR count). The van der Waals surface area contributed by atoms with Crippen LogP contribution in [-0.2, 0) is 9.59 Å². The second-order valence-electron chi connectivity index (χ2n) is 6.34. The molecule has 0 aromatic carbocycles. The number of carboxylic acid groups (broad SMARTS) is 1. The number of carbonyl (C=O) groups excluding carboxylic acids is 1. The average molecular weight is 268 g/mol. The first-order valence-corrected chi connectivity index (χ1v) is 7.20. The lowest BCUT2D eigenvalue weighted by Gasteiger charge is -2.40. The summed E-state index contributed by atoms with van der Waals surface area (Å²) in [4.78, 5) is 25.5. The van der Waals surface area contributed by atoms with Crippen LogP contribution in [0.5, 0.6) is 0 Å². The van der Waals surface area contributed by atoms with Crippen molar-refractivity contribution in [2.24, 2.45) is 17.1 Å². The molecule has 108 valence electrons. The van der Waals surface area contributed by atoms with Crippen LogP contribution in [0.4, 0.5) is 0 Å². The third kappa shape index (κ3) is 3.08. The van der Waals surface area contributed by atoms with E-state index < -0.39 is 11.4 Å². The van der Waals surface area contributed by atoms with Gasteiger partial charge in [0, 0.05) is 25.0 Å². The highest BCUT2D eigenvalue weighted by Crippen LogP contribution is 2.32. The van der Waals surface area contributed by atoms with Crippen molar-refractivity contribution >= 4 is 11.9 Å². The molecule has 0 aromatic rings. The Hall–Kier alpha value is -1.10. The first kappa shape index (κ1) is 14.3. The molecule has 0 bridgehead atoms. The molecule has 1 aliphatic heterocycles. The van der Waals surface area contributed by atoms with E-state index in [1.807, 2.05) is 0 Å². The maximum Gasteiger partial charge on any atom is 0.311 e. The third-order valence-electron chi connectivity index (χ3n) is 4.65. The number of hydrogen-bond acceptors (Lipinski definition) is 3. The molecule has 0 radical (unpaired) electrons. The van der Waals surface area contributed by atoms with Gasteiger partial charge in [-0.25, -0.2) is 0 Å². The van der Waals surface area contributed by atoms with Crippen LogP contribution in [0.1, 0.15) is 45.4 Å². The first-order chi connectivity index (χ1) is 8.92. The molecule has 1 atom stereocenters. The molecule has 1 unspecified atom stereocenters. The van der Waals surface area contributed by atoms with E-state index in [2.05, 4.69) is 0 Å². The SMILES string of the molecule is CC1(C(=O)O)CCCN(C(=O)C2CCC(N)CC2)C1. The highest BCUT2D eigenvalue weighted by Gasteiger charge is 2.40. The fourth-order valence-electron chi connectivity index (χ4n) is 3.23. The Morgan fingerprint density at radius 3 is 2.47 bits per heavy atom. The van der Waals surface area contributed by atoms with Gasteiger partial charge in [0.25, 0.3) is 0 Å². The molecule has 19 heavy (non-hydrogen) atoms. The lowest BCUT2D eigenvalue weighted by Crippen LogP contribution is -2.50. The Balaban J connectivity index is 1.97. The van der Waals surface area contributed by atoms with Gasteiger partial charge in [0.2, 0.25) is 5.91 Å². The summed E-state index contributed by atoms with van der Waals surface area (Å²) in [5.41, 5.74) is 5.08. The Kier molecular flexibility index (Phi) is 4.13. The Morgan fingerprint density at radius 2 is 1.89 bits per heavy atom. The number of carboxylic acids is 1. The topological polar surface area (TPSA) is 83.6 Å². The van der Waals surface area contributed by atoms with Crippen LogP contribution in [0.25, 0.3) is 0 Å². The zero-order valence-corrected chi connectivity index (χ0v) is 11.6. The summed E-state index contributed by atoms with van der Waals surface area (Å²) < 4.78 is 0. The minimum Gasteiger partial charge on any atom is -0.481 e. The van der Waals surface area contributed by atoms with Crippen molar-refractivity contribution < 1.29 is 14.7 Å². The minimum atomic E-state index is -0.796. The van der Waals surface area contributed by atoms with Gasteiger partial charge in [0.15, 0.2) is 0 Å². The van der Waals surface area contributed by atoms with Gasteiger partial charge in [-0.3, -0.25) is 9.59 Å². The molecule has 2 fully saturated rings. The zero-order valence-electron chi connectivity index (χ0n) is 11.6. The lowest BCUT2D eigenvalue weighted by atomic mass is 9.80. The van der Waals surface area contributed by atoms with Crippen LogP contribution < -0.4 is 5.73 Å². The largest absolute Gasteiger partial charge is 0.481 e. The van der Waals surface area contributed by atoms with Crippen molar-refractivity contribution in [2.75, 3.05) is 13.1 Å². The van der Waals surface area contributed by atoms with Gasteiger partial charge in [0.05, 0.1) is 5.41 Å². The van der Waals surface area contributed by atoms with Crippen molar-refractivity contribution in [1.29, 1.82) is 0 Å². The standard InChI is InChI=1S/C14H24N2O3/c1-14(13(18)19)7-2-8-16(9-14)12(17)10-3-5-11(15)6-4-10/h10-11H,2-9,15H2,1H3,(H,18,19). The lowest BCUT2D eigenvalue weighted by molar-refractivity contribution is -0.154. The minimum absolute atomic E-state index is 0.0518. The normalized spacial score (nSPS) is 36.0. The van der Waals surface area contributed by atoms with E-state index in [-0.39, 0.29) is 17.9 Å². The van der Waals surface area contributed by atoms with Gasteiger partial charge >= 0.3 is 5.97 Å². The molecule has 0 aromatic heterocycles.